The lowest BCUT2D eigenvalue weighted by Gasteiger charge is -2.12. The fourth-order valence-electron chi connectivity index (χ4n) is 3.08. The van der Waals surface area contributed by atoms with Gasteiger partial charge in [0.1, 0.15) is 17.0 Å². The molecule has 3 aromatic rings. The third kappa shape index (κ3) is 2.57. The van der Waals surface area contributed by atoms with Gasteiger partial charge in [0.25, 0.3) is 0 Å². The van der Waals surface area contributed by atoms with Crippen molar-refractivity contribution >= 4 is 27.4 Å². The topological polar surface area (TPSA) is 50.7 Å². The molecule has 112 valence electrons. The van der Waals surface area contributed by atoms with Crippen molar-refractivity contribution < 1.29 is 0 Å². The molecule has 0 saturated heterocycles. The SMILES string of the molecule is c1ccc(CCNc2ncnc3sc4c(c23)CCCC4)nc1. The van der Waals surface area contributed by atoms with Crippen molar-refractivity contribution in [3.63, 3.8) is 0 Å². The lowest BCUT2D eigenvalue weighted by atomic mass is 9.97. The Morgan fingerprint density at radius 1 is 1.09 bits per heavy atom. The zero-order chi connectivity index (χ0) is 14.8. The second kappa shape index (κ2) is 6.01. The molecule has 0 spiro atoms. The average Bonchev–Trinajstić information content (AvgIpc) is 2.95. The molecule has 0 unspecified atom stereocenters. The molecule has 0 bridgehead atoms. The minimum atomic E-state index is 0.841. The highest BCUT2D eigenvalue weighted by molar-refractivity contribution is 7.19. The van der Waals surface area contributed by atoms with E-state index in [0.717, 1.165) is 35.7 Å². The predicted molar refractivity (Wildman–Crippen MR) is 90.5 cm³/mol. The Bertz CT molecular complexity index is 782. The number of anilines is 1. The molecule has 1 aliphatic rings. The number of aromatic nitrogens is 3. The second-order valence-corrected chi connectivity index (χ2v) is 6.69. The number of rotatable bonds is 4. The summed E-state index contributed by atoms with van der Waals surface area (Å²) in [5.74, 6) is 0.986. The van der Waals surface area contributed by atoms with Crippen LogP contribution < -0.4 is 5.32 Å². The lowest BCUT2D eigenvalue weighted by molar-refractivity contribution is 0.700. The Hall–Kier alpha value is -2.01. The van der Waals surface area contributed by atoms with E-state index in [1.54, 1.807) is 6.33 Å². The standard InChI is InChI=1S/C17H18N4S/c1-2-7-14-13(6-1)15-16(20-11-21-17(15)22-14)19-10-8-12-5-3-4-9-18-12/h3-5,9,11H,1-2,6-8,10H2,(H,19,20,21). The number of aryl methyl sites for hydroxylation is 2. The van der Waals surface area contributed by atoms with Crippen LogP contribution in [0.15, 0.2) is 30.7 Å². The summed E-state index contributed by atoms with van der Waals surface area (Å²) in [6.45, 7) is 0.841. The van der Waals surface area contributed by atoms with Crippen LogP contribution in [0.5, 0.6) is 0 Å². The highest BCUT2D eigenvalue weighted by Gasteiger charge is 2.19. The van der Waals surface area contributed by atoms with E-state index in [-0.39, 0.29) is 0 Å². The van der Waals surface area contributed by atoms with Gasteiger partial charge in [-0.3, -0.25) is 4.98 Å². The fraction of sp³-hybridized carbons (Fsp3) is 0.353. The van der Waals surface area contributed by atoms with Crippen molar-refractivity contribution in [2.75, 3.05) is 11.9 Å². The van der Waals surface area contributed by atoms with Crippen molar-refractivity contribution in [3.05, 3.63) is 46.9 Å². The molecule has 0 aromatic carbocycles. The van der Waals surface area contributed by atoms with Crippen LogP contribution in [0.2, 0.25) is 0 Å². The third-order valence-corrected chi connectivity index (χ3v) is 5.35. The van der Waals surface area contributed by atoms with E-state index >= 15 is 0 Å². The first-order chi connectivity index (χ1) is 10.9. The van der Waals surface area contributed by atoms with Gasteiger partial charge in [-0.25, -0.2) is 9.97 Å². The maximum absolute atomic E-state index is 4.48. The Morgan fingerprint density at radius 3 is 2.95 bits per heavy atom. The average molecular weight is 310 g/mol. The van der Waals surface area contributed by atoms with E-state index in [1.807, 2.05) is 29.7 Å². The highest BCUT2D eigenvalue weighted by Crippen LogP contribution is 2.37. The predicted octanol–water partition coefficient (Wildman–Crippen LogP) is 3.62. The van der Waals surface area contributed by atoms with E-state index in [4.69, 9.17) is 0 Å². The van der Waals surface area contributed by atoms with Gasteiger partial charge in [-0.15, -0.1) is 11.3 Å². The molecule has 0 aliphatic heterocycles. The van der Waals surface area contributed by atoms with Gasteiger partial charge in [-0.2, -0.15) is 0 Å². The summed E-state index contributed by atoms with van der Waals surface area (Å²) in [6, 6.07) is 6.03. The van der Waals surface area contributed by atoms with Crippen LogP contribution in [-0.2, 0) is 19.3 Å². The van der Waals surface area contributed by atoms with Gasteiger partial charge in [0.05, 0.1) is 5.39 Å². The van der Waals surface area contributed by atoms with Gasteiger partial charge in [0.15, 0.2) is 0 Å². The number of thiophene rings is 1. The number of nitrogens with one attached hydrogen (secondary N) is 1. The molecular weight excluding hydrogens is 292 g/mol. The molecule has 1 aliphatic carbocycles. The molecule has 3 heterocycles. The second-order valence-electron chi connectivity index (χ2n) is 5.61. The monoisotopic (exact) mass is 310 g/mol. The number of hydrogen-bond acceptors (Lipinski definition) is 5. The van der Waals surface area contributed by atoms with Gasteiger partial charge in [-0.1, -0.05) is 6.07 Å². The summed E-state index contributed by atoms with van der Waals surface area (Å²) in [5, 5.41) is 4.74. The number of pyridine rings is 1. The summed E-state index contributed by atoms with van der Waals surface area (Å²) >= 11 is 1.84. The van der Waals surface area contributed by atoms with Gasteiger partial charge in [0, 0.05) is 29.7 Å². The van der Waals surface area contributed by atoms with Gasteiger partial charge in [-0.05, 0) is 43.4 Å². The Morgan fingerprint density at radius 2 is 2.05 bits per heavy atom. The minimum Gasteiger partial charge on any atom is -0.369 e. The molecule has 4 rings (SSSR count). The summed E-state index contributed by atoms with van der Waals surface area (Å²) in [7, 11) is 0. The molecule has 4 nitrogen and oxygen atoms in total. The summed E-state index contributed by atoms with van der Waals surface area (Å²) in [5.41, 5.74) is 2.58. The minimum absolute atomic E-state index is 0.841. The van der Waals surface area contributed by atoms with E-state index in [2.05, 4.69) is 26.3 Å². The zero-order valence-corrected chi connectivity index (χ0v) is 13.2. The molecule has 0 radical (unpaired) electrons. The van der Waals surface area contributed by atoms with Gasteiger partial charge >= 0.3 is 0 Å². The van der Waals surface area contributed by atoms with Crippen molar-refractivity contribution in [3.8, 4) is 0 Å². The highest BCUT2D eigenvalue weighted by atomic mass is 32.1. The summed E-state index contributed by atoms with van der Waals surface area (Å²) in [4.78, 5) is 15.9. The quantitative estimate of drug-likeness (QED) is 0.799. The van der Waals surface area contributed by atoms with Crippen LogP contribution in [0.25, 0.3) is 10.2 Å². The largest absolute Gasteiger partial charge is 0.369 e. The first-order valence-electron chi connectivity index (χ1n) is 7.81. The molecule has 1 N–H and O–H groups in total. The van der Waals surface area contributed by atoms with E-state index in [0.29, 0.717) is 0 Å². The summed E-state index contributed by atoms with van der Waals surface area (Å²) < 4.78 is 0. The first kappa shape index (κ1) is 13.6. The van der Waals surface area contributed by atoms with E-state index in [9.17, 15) is 0 Å². The maximum Gasteiger partial charge on any atom is 0.138 e. The summed E-state index contributed by atoms with van der Waals surface area (Å²) in [6.07, 6.45) is 9.36. The molecule has 0 amide bonds. The third-order valence-electron chi connectivity index (χ3n) is 4.15. The van der Waals surface area contributed by atoms with Crippen molar-refractivity contribution in [2.24, 2.45) is 0 Å². The Balaban J connectivity index is 1.57. The van der Waals surface area contributed by atoms with Crippen molar-refractivity contribution in [2.45, 2.75) is 32.1 Å². The lowest BCUT2D eigenvalue weighted by Crippen LogP contribution is -2.08. The van der Waals surface area contributed by atoms with Crippen LogP contribution in [0.4, 0.5) is 5.82 Å². The van der Waals surface area contributed by atoms with Crippen LogP contribution in [0.1, 0.15) is 29.0 Å². The van der Waals surface area contributed by atoms with E-state index < -0.39 is 0 Å². The zero-order valence-electron chi connectivity index (χ0n) is 12.4. The molecule has 0 atom stereocenters. The van der Waals surface area contributed by atoms with Crippen LogP contribution >= 0.6 is 11.3 Å². The number of hydrogen-bond donors (Lipinski definition) is 1. The van der Waals surface area contributed by atoms with Crippen LogP contribution in [0.3, 0.4) is 0 Å². The maximum atomic E-state index is 4.48. The Labute approximate surface area is 133 Å². The smallest absolute Gasteiger partial charge is 0.138 e. The van der Waals surface area contributed by atoms with Crippen LogP contribution in [-0.4, -0.2) is 21.5 Å². The Kier molecular flexibility index (Phi) is 3.72. The molecular formula is C17H18N4S. The first-order valence-corrected chi connectivity index (χ1v) is 8.62. The molecule has 3 aromatic heterocycles. The van der Waals surface area contributed by atoms with Gasteiger partial charge in [0.2, 0.25) is 0 Å². The van der Waals surface area contributed by atoms with Crippen molar-refractivity contribution in [1.82, 2.24) is 15.0 Å². The fourth-order valence-corrected chi connectivity index (χ4v) is 4.31. The van der Waals surface area contributed by atoms with E-state index in [1.165, 1.54) is 35.1 Å². The molecule has 5 heteroatoms. The van der Waals surface area contributed by atoms with Crippen LogP contribution in [0, 0.1) is 0 Å². The van der Waals surface area contributed by atoms with Crippen molar-refractivity contribution in [1.29, 1.82) is 0 Å². The normalized spacial score (nSPS) is 14.0. The molecule has 0 saturated carbocycles. The van der Waals surface area contributed by atoms with Gasteiger partial charge < -0.3 is 5.32 Å². The molecule has 22 heavy (non-hydrogen) atoms. The molecule has 0 fully saturated rings. The number of nitrogens with zero attached hydrogens (tertiary/aromatic N) is 3. The number of fused-ring (bicyclic) bond motifs is 3.